The molecule has 0 radical (unpaired) electrons. The predicted molar refractivity (Wildman–Crippen MR) is 70.1 cm³/mol. The van der Waals surface area contributed by atoms with Crippen molar-refractivity contribution < 1.29 is 9.72 Å². The van der Waals surface area contributed by atoms with Gasteiger partial charge in [0.05, 0.1) is 29.4 Å². The predicted octanol–water partition coefficient (Wildman–Crippen LogP) is 0.317. The summed E-state index contributed by atoms with van der Waals surface area (Å²) in [6, 6.07) is 1.61. The number of likely N-dealkylation sites (tertiary alicyclic amines) is 1. The highest BCUT2D eigenvalue weighted by Gasteiger charge is 2.33. The third-order valence-corrected chi connectivity index (χ3v) is 4.11. The van der Waals surface area contributed by atoms with Crippen LogP contribution in [-0.4, -0.2) is 51.2 Å². The molecule has 2 saturated heterocycles. The maximum atomic E-state index is 11.7. The van der Waals surface area contributed by atoms with E-state index in [-0.39, 0.29) is 23.8 Å². The molecule has 2 aliphatic rings. The Labute approximate surface area is 115 Å². The molecule has 0 bridgehead atoms. The van der Waals surface area contributed by atoms with Crippen LogP contribution in [0, 0.1) is 10.1 Å². The van der Waals surface area contributed by atoms with Gasteiger partial charge in [0.15, 0.2) is 0 Å². The smallest absolute Gasteiger partial charge is 0.358 e. The molecule has 20 heavy (non-hydrogen) atoms. The molecule has 108 valence electrons. The summed E-state index contributed by atoms with van der Waals surface area (Å²) in [5.74, 6) is 0.0146. The average Bonchev–Trinajstić information content (AvgIpc) is 3.07. The van der Waals surface area contributed by atoms with E-state index < -0.39 is 4.92 Å². The Hall–Kier alpha value is -1.96. The van der Waals surface area contributed by atoms with E-state index in [2.05, 4.69) is 15.3 Å². The minimum atomic E-state index is -0.478. The van der Waals surface area contributed by atoms with Crippen molar-refractivity contribution in [3.05, 3.63) is 22.4 Å². The van der Waals surface area contributed by atoms with E-state index in [1.807, 2.05) is 0 Å². The molecule has 0 aromatic carbocycles. The highest BCUT2D eigenvalue weighted by molar-refractivity contribution is 5.83. The minimum absolute atomic E-state index is 0.00269. The number of hydrogen-bond donors (Lipinski definition) is 1. The molecule has 8 nitrogen and oxygen atoms in total. The van der Waals surface area contributed by atoms with Crippen molar-refractivity contribution in [1.29, 1.82) is 0 Å². The van der Waals surface area contributed by atoms with E-state index >= 15 is 0 Å². The number of carbonyl (C=O) groups excluding carboxylic acids is 1. The summed E-state index contributed by atoms with van der Waals surface area (Å²) in [7, 11) is 0. The van der Waals surface area contributed by atoms with Gasteiger partial charge < -0.3 is 15.4 Å². The zero-order valence-corrected chi connectivity index (χ0v) is 11.1. The van der Waals surface area contributed by atoms with Gasteiger partial charge in [-0.15, -0.1) is 0 Å². The molecule has 1 amide bonds. The van der Waals surface area contributed by atoms with Crippen LogP contribution in [0.2, 0.25) is 0 Å². The van der Waals surface area contributed by atoms with E-state index in [1.54, 1.807) is 10.9 Å². The number of piperidine rings is 1. The molecule has 1 unspecified atom stereocenters. The molecule has 0 saturated carbocycles. The summed E-state index contributed by atoms with van der Waals surface area (Å²) in [5, 5.41) is 17.5. The molecular formula is C12H17N5O3. The number of hydrogen-bond acceptors (Lipinski definition) is 5. The molecule has 2 fully saturated rings. The van der Waals surface area contributed by atoms with Gasteiger partial charge in [-0.05, 0) is 24.2 Å². The fraction of sp³-hybridized carbons (Fsp3) is 0.667. The zero-order chi connectivity index (χ0) is 14.1. The normalized spacial score (nSPS) is 24.8. The van der Waals surface area contributed by atoms with Crippen LogP contribution in [0.25, 0.3) is 0 Å². The first kappa shape index (κ1) is 13.0. The van der Waals surface area contributed by atoms with Gasteiger partial charge in [-0.1, -0.05) is 0 Å². The van der Waals surface area contributed by atoms with Gasteiger partial charge in [-0.2, -0.15) is 4.68 Å². The van der Waals surface area contributed by atoms with Gasteiger partial charge in [-0.25, -0.2) is 0 Å². The standard InChI is InChI=1S/C12H17N5O3/c18-12-10(1-5-13-12)15-6-2-9(3-7-15)16-8-4-11(14-16)17(19)20/h4,8-10H,1-3,5-7H2,(H,13,18). The number of nitro groups is 1. The SMILES string of the molecule is O=C1NCCC1N1CCC(n2ccc([N+](=O)[O-])n2)CC1. The second kappa shape index (κ2) is 5.20. The van der Waals surface area contributed by atoms with Crippen molar-refractivity contribution >= 4 is 11.7 Å². The number of carbonyl (C=O) groups is 1. The van der Waals surface area contributed by atoms with Crippen LogP contribution >= 0.6 is 0 Å². The summed E-state index contributed by atoms with van der Waals surface area (Å²) in [4.78, 5) is 24.0. The minimum Gasteiger partial charge on any atom is -0.358 e. The summed E-state index contributed by atoms with van der Waals surface area (Å²) in [6.45, 7) is 2.42. The molecule has 0 spiro atoms. The molecule has 1 atom stereocenters. The lowest BCUT2D eigenvalue weighted by Crippen LogP contribution is -2.45. The highest BCUT2D eigenvalue weighted by atomic mass is 16.6. The first-order valence-corrected chi connectivity index (χ1v) is 6.86. The Morgan fingerprint density at radius 2 is 2.10 bits per heavy atom. The number of amides is 1. The Morgan fingerprint density at radius 3 is 2.65 bits per heavy atom. The summed E-state index contributed by atoms with van der Waals surface area (Å²) in [5.41, 5.74) is 0. The number of aromatic nitrogens is 2. The van der Waals surface area contributed by atoms with Crippen LogP contribution < -0.4 is 5.32 Å². The lowest BCUT2D eigenvalue weighted by Gasteiger charge is -2.33. The van der Waals surface area contributed by atoms with E-state index in [0.29, 0.717) is 0 Å². The zero-order valence-electron chi connectivity index (χ0n) is 11.1. The highest BCUT2D eigenvalue weighted by Crippen LogP contribution is 2.25. The number of rotatable bonds is 3. The van der Waals surface area contributed by atoms with Gasteiger partial charge >= 0.3 is 5.82 Å². The lowest BCUT2D eigenvalue weighted by atomic mass is 10.0. The van der Waals surface area contributed by atoms with Crippen molar-refractivity contribution in [2.24, 2.45) is 0 Å². The van der Waals surface area contributed by atoms with Gasteiger partial charge in [0.1, 0.15) is 0 Å². The van der Waals surface area contributed by atoms with Crippen molar-refractivity contribution in [3.8, 4) is 0 Å². The van der Waals surface area contributed by atoms with Crippen LogP contribution in [-0.2, 0) is 4.79 Å². The van der Waals surface area contributed by atoms with Gasteiger partial charge in [-0.3, -0.25) is 9.69 Å². The van der Waals surface area contributed by atoms with Crippen LogP contribution in [0.15, 0.2) is 12.3 Å². The molecule has 8 heteroatoms. The van der Waals surface area contributed by atoms with Crippen molar-refractivity contribution in [2.45, 2.75) is 31.3 Å². The molecule has 3 heterocycles. The molecule has 0 aliphatic carbocycles. The fourth-order valence-corrected chi connectivity index (χ4v) is 3.02. The second-order valence-electron chi connectivity index (χ2n) is 5.27. The fourth-order valence-electron chi connectivity index (χ4n) is 3.02. The molecule has 1 N–H and O–H groups in total. The number of nitrogens with one attached hydrogen (secondary N) is 1. The Bertz CT molecular complexity index is 521. The van der Waals surface area contributed by atoms with Gasteiger partial charge in [0.2, 0.25) is 5.91 Å². The lowest BCUT2D eigenvalue weighted by molar-refractivity contribution is -0.389. The van der Waals surface area contributed by atoms with Crippen LogP contribution in [0.5, 0.6) is 0 Å². The van der Waals surface area contributed by atoms with E-state index in [1.165, 1.54) is 6.07 Å². The molecule has 1 aromatic rings. The quantitative estimate of drug-likeness (QED) is 0.635. The largest absolute Gasteiger partial charge is 0.389 e. The van der Waals surface area contributed by atoms with Gasteiger partial charge in [0, 0.05) is 19.6 Å². The third-order valence-electron chi connectivity index (χ3n) is 4.11. The van der Waals surface area contributed by atoms with Crippen molar-refractivity contribution in [3.63, 3.8) is 0 Å². The molecule has 3 rings (SSSR count). The van der Waals surface area contributed by atoms with Crippen LogP contribution in [0.4, 0.5) is 5.82 Å². The first-order chi connectivity index (χ1) is 9.65. The molecule has 1 aromatic heterocycles. The molecular weight excluding hydrogens is 262 g/mol. The maximum Gasteiger partial charge on any atom is 0.389 e. The Morgan fingerprint density at radius 1 is 1.35 bits per heavy atom. The average molecular weight is 279 g/mol. The summed E-state index contributed by atoms with van der Waals surface area (Å²) < 4.78 is 1.68. The van der Waals surface area contributed by atoms with Crippen LogP contribution in [0.3, 0.4) is 0 Å². The summed E-state index contributed by atoms with van der Waals surface area (Å²) >= 11 is 0. The Kier molecular flexibility index (Phi) is 3.39. The van der Waals surface area contributed by atoms with Crippen molar-refractivity contribution in [1.82, 2.24) is 20.0 Å². The number of nitrogens with zero attached hydrogens (tertiary/aromatic N) is 4. The third kappa shape index (κ3) is 2.38. The maximum absolute atomic E-state index is 11.7. The first-order valence-electron chi connectivity index (χ1n) is 6.86. The topological polar surface area (TPSA) is 93.3 Å². The van der Waals surface area contributed by atoms with E-state index in [4.69, 9.17) is 0 Å². The monoisotopic (exact) mass is 279 g/mol. The van der Waals surface area contributed by atoms with Crippen LogP contribution in [0.1, 0.15) is 25.3 Å². The van der Waals surface area contributed by atoms with Crippen molar-refractivity contribution in [2.75, 3.05) is 19.6 Å². The van der Waals surface area contributed by atoms with Gasteiger partial charge in [0.25, 0.3) is 0 Å². The molecule has 2 aliphatic heterocycles. The Balaban J connectivity index is 1.60. The second-order valence-corrected chi connectivity index (χ2v) is 5.27. The van der Waals surface area contributed by atoms with E-state index in [0.717, 1.165) is 38.9 Å². The summed E-state index contributed by atoms with van der Waals surface area (Å²) in [6.07, 6.45) is 4.27. The van der Waals surface area contributed by atoms with E-state index in [9.17, 15) is 14.9 Å².